The lowest BCUT2D eigenvalue weighted by molar-refractivity contribution is 0.0954. The number of nitrogens with zero attached hydrogens (tertiary/aromatic N) is 2. The van der Waals surface area contributed by atoms with Crippen LogP contribution in [0, 0.1) is 6.92 Å². The number of para-hydroxylation sites is 1. The maximum atomic E-state index is 12.8. The number of pyridine rings is 1. The lowest BCUT2D eigenvalue weighted by atomic mass is 10.1. The maximum Gasteiger partial charge on any atom is 0.255 e. The van der Waals surface area contributed by atoms with Crippen LogP contribution in [-0.2, 0) is 6.42 Å². The molecule has 0 saturated carbocycles. The molecule has 0 radical (unpaired) electrons. The van der Waals surface area contributed by atoms with Crippen LogP contribution in [0.5, 0.6) is 0 Å². The molecule has 6 nitrogen and oxygen atoms in total. The molecule has 0 aliphatic carbocycles. The van der Waals surface area contributed by atoms with Gasteiger partial charge < -0.3 is 15.5 Å². The van der Waals surface area contributed by atoms with Gasteiger partial charge >= 0.3 is 0 Å². The number of aryl methyl sites for hydroxylation is 2. The highest BCUT2D eigenvalue weighted by molar-refractivity contribution is 6.09. The van der Waals surface area contributed by atoms with Crippen LogP contribution in [0.3, 0.4) is 0 Å². The summed E-state index contributed by atoms with van der Waals surface area (Å²) in [4.78, 5) is 31.3. The molecule has 1 aromatic heterocycles. The van der Waals surface area contributed by atoms with Crippen LogP contribution in [0.25, 0.3) is 0 Å². The number of hydrogen-bond acceptors (Lipinski definition) is 4. The summed E-state index contributed by atoms with van der Waals surface area (Å²) in [6.45, 7) is 2.43. The van der Waals surface area contributed by atoms with E-state index in [-0.39, 0.29) is 11.8 Å². The number of amides is 2. The van der Waals surface area contributed by atoms with Crippen molar-refractivity contribution in [2.45, 2.75) is 19.8 Å². The topological polar surface area (TPSA) is 74.3 Å². The molecule has 3 aromatic rings. The number of aromatic nitrogens is 1. The second-order valence-corrected chi connectivity index (χ2v) is 7.61. The Balaban J connectivity index is 1.59. The third-order valence-electron chi connectivity index (χ3n) is 5.08. The fourth-order valence-corrected chi connectivity index (χ4v) is 3.26. The Morgan fingerprint density at radius 2 is 1.65 bits per heavy atom. The van der Waals surface area contributed by atoms with Gasteiger partial charge in [0.25, 0.3) is 11.8 Å². The average Bonchev–Trinajstić information content (AvgIpc) is 2.78. The maximum absolute atomic E-state index is 12.8. The van der Waals surface area contributed by atoms with Crippen molar-refractivity contribution in [2.24, 2.45) is 0 Å². The average molecular weight is 417 g/mol. The number of hydrogen-bond donors (Lipinski definition) is 2. The lowest BCUT2D eigenvalue weighted by Crippen LogP contribution is -2.26. The van der Waals surface area contributed by atoms with Crippen molar-refractivity contribution in [3.05, 3.63) is 89.2 Å². The van der Waals surface area contributed by atoms with Crippen molar-refractivity contribution in [1.82, 2.24) is 10.3 Å². The summed E-state index contributed by atoms with van der Waals surface area (Å²) in [6, 6.07) is 17.1. The predicted molar refractivity (Wildman–Crippen MR) is 125 cm³/mol. The van der Waals surface area contributed by atoms with E-state index < -0.39 is 0 Å². The highest BCUT2D eigenvalue weighted by Gasteiger charge is 2.16. The standard InChI is InChI=1S/C25H28N4O2/c1-18-6-4-8-22(23(18)28-24(30)20-13-16-26-17-14-20)25(31)27-15-5-7-19-9-11-21(12-10-19)29(2)3/h4,6,8-14,16-17H,5,7,15H2,1-3H3,(H,27,31)(H,28,30). The Morgan fingerprint density at radius 3 is 2.32 bits per heavy atom. The van der Waals surface area contributed by atoms with Gasteiger partial charge in [-0.1, -0.05) is 24.3 Å². The molecule has 160 valence electrons. The third kappa shape index (κ3) is 5.92. The van der Waals surface area contributed by atoms with Crippen LogP contribution in [0.2, 0.25) is 0 Å². The zero-order valence-electron chi connectivity index (χ0n) is 18.2. The second-order valence-electron chi connectivity index (χ2n) is 7.61. The molecule has 3 rings (SSSR count). The van der Waals surface area contributed by atoms with E-state index in [9.17, 15) is 9.59 Å². The van der Waals surface area contributed by atoms with E-state index in [1.54, 1.807) is 30.6 Å². The highest BCUT2D eigenvalue weighted by Crippen LogP contribution is 2.21. The van der Waals surface area contributed by atoms with Crippen LogP contribution in [-0.4, -0.2) is 37.4 Å². The molecule has 1 heterocycles. The molecular formula is C25H28N4O2. The summed E-state index contributed by atoms with van der Waals surface area (Å²) < 4.78 is 0. The molecule has 0 unspecified atom stereocenters. The van der Waals surface area contributed by atoms with Gasteiger partial charge in [0, 0.05) is 44.3 Å². The van der Waals surface area contributed by atoms with Crippen molar-refractivity contribution in [3.8, 4) is 0 Å². The molecule has 0 atom stereocenters. The van der Waals surface area contributed by atoms with Gasteiger partial charge in [0.2, 0.25) is 0 Å². The zero-order valence-corrected chi connectivity index (χ0v) is 18.2. The van der Waals surface area contributed by atoms with Gasteiger partial charge in [-0.05, 0) is 61.2 Å². The predicted octanol–water partition coefficient (Wildman–Crippen LogP) is 4.07. The van der Waals surface area contributed by atoms with Crippen LogP contribution < -0.4 is 15.5 Å². The molecule has 2 amide bonds. The Labute approximate surface area is 183 Å². The van der Waals surface area contributed by atoms with E-state index in [4.69, 9.17) is 0 Å². The number of carbonyl (C=O) groups excluding carboxylic acids is 2. The van der Waals surface area contributed by atoms with Crippen molar-refractivity contribution < 1.29 is 9.59 Å². The Morgan fingerprint density at radius 1 is 0.935 bits per heavy atom. The molecule has 0 spiro atoms. The Bertz CT molecular complexity index is 1030. The number of anilines is 2. The van der Waals surface area contributed by atoms with E-state index in [1.165, 1.54) is 5.56 Å². The summed E-state index contributed by atoms with van der Waals surface area (Å²) in [6.07, 6.45) is 4.84. The number of carbonyl (C=O) groups is 2. The van der Waals surface area contributed by atoms with E-state index in [2.05, 4.69) is 44.8 Å². The van der Waals surface area contributed by atoms with Crippen LogP contribution in [0.4, 0.5) is 11.4 Å². The fraction of sp³-hybridized carbons (Fsp3) is 0.240. The number of benzene rings is 2. The second kappa shape index (κ2) is 10.4. The van der Waals surface area contributed by atoms with Crippen molar-refractivity contribution in [2.75, 3.05) is 30.9 Å². The minimum atomic E-state index is -0.271. The van der Waals surface area contributed by atoms with E-state index in [0.717, 1.165) is 24.1 Å². The SMILES string of the molecule is Cc1cccc(C(=O)NCCCc2ccc(N(C)C)cc2)c1NC(=O)c1ccncc1. The van der Waals surface area contributed by atoms with Gasteiger partial charge in [0.15, 0.2) is 0 Å². The smallest absolute Gasteiger partial charge is 0.255 e. The summed E-state index contributed by atoms with van der Waals surface area (Å²) in [5, 5.41) is 5.85. The van der Waals surface area contributed by atoms with Gasteiger partial charge in [0.1, 0.15) is 0 Å². The molecule has 0 aliphatic heterocycles. The first-order valence-electron chi connectivity index (χ1n) is 10.3. The minimum absolute atomic E-state index is 0.198. The normalized spacial score (nSPS) is 10.4. The summed E-state index contributed by atoms with van der Waals surface area (Å²) >= 11 is 0. The first-order valence-corrected chi connectivity index (χ1v) is 10.3. The highest BCUT2D eigenvalue weighted by atomic mass is 16.2. The van der Waals surface area contributed by atoms with E-state index in [0.29, 0.717) is 23.4 Å². The van der Waals surface area contributed by atoms with Gasteiger partial charge in [0.05, 0.1) is 11.3 Å². The van der Waals surface area contributed by atoms with Crippen LogP contribution in [0.15, 0.2) is 67.0 Å². The fourth-order valence-electron chi connectivity index (χ4n) is 3.26. The van der Waals surface area contributed by atoms with Crippen molar-refractivity contribution in [1.29, 1.82) is 0 Å². The first kappa shape index (κ1) is 22.0. The zero-order chi connectivity index (χ0) is 22.2. The summed E-state index contributed by atoms with van der Waals surface area (Å²) in [5.74, 6) is -0.469. The third-order valence-corrected chi connectivity index (χ3v) is 5.08. The van der Waals surface area contributed by atoms with Crippen LogP contribution >= 0.6 is 0 Å². The largest absolute Gasteiger partial charge is 0.378 e. The van der Waals surface area contributed by atoms with E-state index in [1.807, 2.05) is 33.2 Å². The van der Waals surface area contributed by atoms with Crippen LogP contribution in [0.1, 0.15) is 38.3 Å². The van der Waals surface area contributed by atoms with Crippen molar-refractivity contribution >= 4 is 23.2 Å². The monoisotopic (exact) mass is 416 g/mol. The molecule has 0 fully saturated rings. The summed E-state index contributed by atoms with van der Waals surface area (Å²) in [7, 11) is 4.03. The van der Waals surface area contributed by atoms with Gasteiger partial charge in [-0.3, -0.25) is 14.6 Å². The molecule has 0 bridgehead atoms. The van der Waals surface area contributed by atoms with E-state index >= 15 is 0 Å². The van der Waals surface area contributed by atoms with Crippen molar-refractivity contribution in [3.63, 3.8) is 0 Å². The minimum Gasteiger partial charge on any atom is -0.378 e. The molecule has 2 aromatic carbocycles. The Kier molecular flexibility index (Phi) is 7.38. The molecular weight excluding hydrogens is 388 g/mol. The molecule has 0 saturated heterocycles. The molecule has 0 aliphatic rings. The quantitative estimate of drug-likeness (QED) is 0.543. The van der Waals surface area contributed by atoms with Gasteiger partial charge in [-0.25, -0.2) is 0 Å². The number of rotatable bonds is 8. The molecule has 2 N–H and O–H groups in total. The van der Waals surface area contributed by atoms with Gasteiger partial charge in [-0.15, -0.1) is 0 Å². The summed E-state index contributed by atoms with van der Waals surface area (Å²) in [5.41, 5.74) is 4.71. The first-order chi connectivity index (χ1) is 15.0. The molecule has 31 heavy (non-hydrogen) atoms. The lowest BCUT2D eigenvalue weighted by Gasteiger charge is -2.14. The van der Waals surface area contributed by atoms with Gasteiger partial charge in [-0.2, -0.15) is 0 Å². The molecule has 6 heteroatoms. The number of nitrogens with one attached hydrogen (secondary N) is 2. The Hall–Kier alpha value is -3.67.